The summed E-state index contributed by atoms with van der Waals surface area (Å²) in [7, 11) is 2.08. The summed E-state index contributed by atoms with van der Waals surface area (Å²) < 4.78 is 6.30. The Kier molecular flexibility index (Phi) is 3.40. The molecule has 0 radical (unpaired) electrons. The minimum atomic E-state index is -0.0149. The van der Waals surface area contributed by atoms with Gasteiger partial charge in [-0.2, -0.15) is 0 Å². The molecule has 1 aromatic carbocycles. The molecule has 2 unspecified atom stereocenters. The molecular formula is C16H23NO. The van der Waals surface area contributed by atoms with Crippen LogP contribution in [0.5, 0.6) is 0 Å². The zero-order valence-electron chi connectivity index (χ0n) is 11.2. The number of nitrogens with one attached hydrogen (secondary N) is 1. The average molecular weight is 245 g/mol. The summed E-state index contributed by atoms with van der Waals surface area (Å²) in [6, 6.07) is 9.51. The zero-order chi connectivity index (χ0) is 12.4. The molecule has 2 nitrogen and oxygen atoms in total. The first-order valence-electron chi connectivity index (χ1n) is 7.24. The third kappa shape index (κ3) is 2.08. The molecule has 2 atom stereocenters. The molecule has 1 aliphatic carbocycles. The van der Waals surface area contributed by atoms with E-state index in [2.05, 4.69) is 36.6 Å². The Labute approximate surface area is 110 Å². The maximum Gasteiger partial charge on any atom is 0.0948 e. The molecule has 1 fully saturated rings. The SMILES string of the molecule is CNC1CCOC2(CCCCc3ccccc32)C1. The van der Waals surface area contributed by atoms with Crippen LogP contribution in [0.25, 0.3) is 0 Å². The first-order valence-corrected chi connectivity index (χ1v) is 7.24. The van der Waals surface area contributed by atoms with Gasteiger partial charge in [0.15, 0.2) is 0 Å². The van der Waals surface area contributed by atoms with E-state index in [1.807, 2.05) is 0 Å². The molecule has 1 heterocycles. The monoisotopic (exact) mass is 245 g/mol. The molecule has 1 spiro atoms. The van der Waals surface area contributed by atoms with Crippen LogP contribution in [0.3, 0.4) is 0 Å². The van der Waals surface area contributed by atoms with Gasteiger partial charge in [0.1, 0.15) is 0 Å². The Morgan fingerprint density at radius 2 is 2.17 bits per heavy atom. The third-order valence-electron chi connectivity index (χ3n) is 4.61. The number of fused-ring (bicyclic) bond motifs is 2. The molecule has 3 rings (SSSR count). The van der Waals surface area contributed by atoms with Gasteiger partial charge in [0.05, 0.1) is 5.60 Å². The fourth-order valence-corrected chi connectivity index (χ4v) is 3.61. The highest BCUT2D eigenvalue weighted by Gasteiger charge is 2.40. The summed E-state index contributed by atoms with van der Waals surface area (Å²) in [5.74, 6) is 0. The van der Waals surface area contributed by atoms with E-state index in [0.717, 1.165) is 19.4 Å². The molecule has 1 aromatic rings. The van der Waals surface area contributed by atoms with Crippen molar-refractivity contribution in [1.82, 2.24) is 5.32 Å². The first kappa shape index (κ1) is 12.2. The van der Waals surface area contributed by atoms with Crippen molar-refractivity contribution in [3.63, 3.8) is 0 Å². The molecule has 0 saturated carbocycles. The molecular weight excluding hydrogens is 222 g/mol. The van der Waals surface area contributed by atoms with Crippen LogP contribution in [0.4, 0.5) is 0 Å². The highest BCUT2D eigenvalue weighted by atomic mass is 16.5. The zero-order valence-corrected chi connectivity index (χ0v) is 11.2. The second-order valence-corrected chi connectivity index (χ2v) is 5.69. The average Bonchev–Trinajstić information content (AvgIpc) is 2.60. The Morgan fingerprint density at radius 3 is 3.06 bits per heavy atom. The number of hydrogen-bond donors (Lipinski definition) is 1. The number of ether oxygens (including phenoxy) is 1. The number of hydrogen-bond acceptors (Lipinski definition) is 2. The lowest BCUT2D eigenvalue weighted by molar-refractivity contribution is -0.0991. The van der Waals surface area contributed by atoms with Crippen molar-refractivity contribution >= 4 is 0 Å². The van der Waals surface area contributed by atoms with Gasteiger partial charge in [-0.1, -0.05) is 24.3 Å². The fourth-order valence-electron chi connectivity index (χ4n) is 3.61. The fraction of sp³-hybridized carbons (Fsp3) is 0.625. The van der Waals surface area contributed by atoms with Gasteiger partial charge in [-0.05, 0) is 56.7 Å². The van der Waals surface area contributed by atoms with Gasteiger partial charge < -0.3 is 10.1 Å². The Balaban J connectivity index is 1.99. The van der Waals surface area contributed by atoms with Gasteiger partial charge in [-0.25, -0.2) is 0 Å². The quantitative estimate of drug-likeness (QED) is 0.821. The highest BCUT2D eigenvalue weighted by molar-refractivity contribution is 5.34. The van der Waals surface area contributed by atoms with Gasteiger partial charge in [-0.3, -0.25) is 0 Å². The highest BCUT2D eigenvalue weighted by Crippen LogP contribution is 2.43. The second kappa shape index (κ2) is 5.02. The second-order valence-electron chi connectivity index (χ2n) is 5.69. The smallest absolute Gasteiger partial charge is 0.0948 e. The molecule has 1 aliphatic heterocycles. The van der Waals surface area contributed by atoms with Gasteiger partial charge in [0, 0.05) is 12.6 Å². The van der Waals surface area contributed by atoms with E-state index >= 15 is 0 Å². The van der Waals surface area contributed by atoms with Crippen LogP contribution in [0.15, 0.2) is 24.3 Å². The van der Waals surface area contributed by atoms with Crippen LogP contribution < -0.4 is 5.32 Å². The standard InChI is InChI=1S/C16H23NO/c1-17-14-9-11-18-16(12-14)10-5-4-7-13-6-2-3-8-15(13)16/h2-3,6,8,14,17H,4-5,7,9-12H2,1H3. The van der Waals surface area contributed by atoms with Crippen molar-refractivity contribution in [1.29, 1.82) is 0 Å². The van der Waals surface area contributed by atoms with E-state index in [0.29, 0.717) is 6.04 Å². The van der Waals surface area contributed by atoms with Crippen molar-refractivity contribution < 1.29 is 4.74 Å². The topological polar surface area (TPSA) is 21.3 Å². The van der Waals surface area contributed by atoms with Crippen molar-refractivity contribution in [2.45, 2.75) is 50.2 Å². The lowest BCUT2D eigenvalue weighted by Crippen LogP contribution is -2.44. The Bertz CT molecular complexity index is 417. The van der Waals surface area contributed by atoms with Crippen LogP contribution >= 0.6 is 0 Å². The molecule has 0 bridgehead atoms. The van der Waals surface area contributed by atoms with E-state index < -0.39 is 0 Å². The van der Waals surface area contributed by atoms with Gasteiger partial charge >= 0.3 is 0 Å². The first-order chi connectivity index (χ1) is 8.84. The Morgan fingerprint density at radius 1 is 1.28 bits per heavy atom. The molecule has 1 saturated heterocycles. The van der Waals surface area contributed by atoms with Crippen LogP contribution in [0.1, 0.15) is 43.2 Å². The van der Waals surface area contributed by atoms with Gasteiger partial charge in [0.2, 0.25) is 0 Å². The Hall–Kier alpha value is -0.860. The molecule has 0 amide bonds. The molecule has 2 aliphatic rings. The number of rotatable bonds is 1. The lowest BCUT2D eigenvalue weighted by Gasteiger charge is -2.41. The van der Waals surface area contributed by atoms with Crippen LogP contribution in [-0.2, 0) is 16.8 Å². The van der Waals surface area contributed by atoms with E-state index in [-0.39, 0.29) is 5.60 Å². The van der Waals surface area contributed by atoms with E-state index in [4.69, 9.17) is 4.74 Å². The minimum Gasteiger partial charge on any atom is -0.370 e. The third-order valence-corrected chi connectivity index (χ3v) is 4.61. The van der Waals surface area contributed by atoms with Crippen molar-refractivity contribution in [2.24, 2.45) is 0 Å². The summed E-state index contributed by atoms with van der Waals surface area (Å²) in [6.45, 7) is 0.889. The molecule has 1 N–H and O–H groups in total. The van der Waals surface area contributed by atoms with Gasteiger partial charge in [0.25, 0.3) is 0 Å². The van der Waals surface area contributed by atoms with Crippen molar-refractivity contribution in [3.05, 3.63) is 35.4 Å². The summed E-state index contributed by atoms with van der Waals surface area (Å²) in [5, 5.41) is 3.45. The number of benzene rings is 1. The molecule has 98 valence electrons. The predicted molar refractivity (Wildman–Crippen MR) is 73.7 cm³/mol. The minimum absolute atomic E-state index is 0.0149. The number of aryl methyl sites for hydroxylation is 1. The lowest BCUT2D eigenvalue weighted by atomic mass is 9.80. The predicted octanol–water partition coefficient (Wildman–Crippen LogP) is 3.01. The van der Waals surface area contributed by atoms with Crippen molar-refractivity contribution in [2.75, 3.05) is 13.7 Å². The largest absolute Gasteiger partial charge is 0.370 e. The summed E-state index contributed by atoms with van der Waals surface area (Å²) in [5.41, 5.74) is 2.95. The summed E-state index contributed by atoms with van der Waals surface area (Å²) >= 11 is 0. The van der Waals surface area contributed by atoms with Crippen molar-refractivity contribution in [3.8, 4) is 0 Å². The van der Waals surface area contributed by atoms with Crippen LogP contribution in [0.2, 0.25) is 0 Å². The van der Waals surface area contributed by atoms with E-state index in [1.165, 1.54) is 36.8 Å². The maximum atomic E-state index is 6.30. The molecule has 2 heteroatoms. The van der Waals surface area contributed by atoms with Gasteiger partial charge in [-0.15, -0.1) is 0 Å². The molecule has 0 aromatic heterocycles. The summed E-state index contributed by atoms with van der Waals surface area (Å²) in [4.78, 5) is 0. The molecule has 18 heavy (non-hydrogen) atoms. The van der Waals surface area contributed by atoms with E-state index in [1.54, 1.807) is 0 Å². The normalized spacial score (nSPS) is 31.9. The van der Waals surface area contributed by atoms with E-state index in [9.17, 15) is 0 Å². The van der Waals surface area contributed by atoms with Crippen LogP contribution in [0, 0.1) is 0 Å². The summed E-state index contributed by atoms with van der Waals surface area (Å²) in [6.07, 6.45) is 7.24. The van der Waals surface area contributed by atoms with Crippen LogP contribution in [-0.4, -0.2) is 19.7 Å². The maximum absolute atomic E-state index is 6.30.